The summed E-state index contributed by atoms with van der Waals surface area (Å²) in [5.74, 6) is 0. The summed E-state index contributed by atoms with van der Waals surface area (Å²) in [6.07, 6.45) is 3.62. The number of hydrogen-bond acceptors (Lipinski definition) is 3. The molecule has 1 aromatic carbocycles. The van der Waals surface area contributed by atoms with Gasteiger partial charge in [0.25, 0.3) is 0 Å². The maximum atomic E-state index is 11.9. The molecule has 0 heterocycles. The van der Waals surface area contributed by atoms with E-state index in [9.17, 15) is 9.90 Å². The lowest BCUT2D eigenvalue weighted by molar-refractivity contribution is 0.0501. The zero-order valence-electron chi connectivity index (χ0n) is 13.8. The van der Waals surface area contributed by atoms with Gasteiger partial charge in [-0.1, -0.05) is 25.0 Å². The van der Waals surface area contributed by atoms with Crippen LogP contribution in [-0.2, 0) is 6.54 Å². The van der Waals surface area contributed by atoms with Crippen molar-refractivity contribution in [3.8, 4) is 0 Å². The summed E-state index contributed by atoms with van der Waals surface area (Å²) >= 11 is 0. The number of hydrogen-bond donors (Lipinski definition) is 3. The molecule has 1 saturated carbocycles. The van der Waals surface area contributed by atoms with Crippen molar-refractivity contribution in [2.45, 2.75) is 44.8 Å². The Morgan fingerprint density at radius 3 is 2.59 bits per heavy atom. The van der Waals surface area contributed by atoms with Crippen LogP contribution in [0.1, 0.15) is 36.8 Å². The zero-order chi connectivity index (χ0) is 16.2. The number of rotatable bonds is 5. The van der Waals surface area contributed by atoms with Gasteiger partial charge < -0.3 is 20.6 Å². The smallest absolute Gasteiger partial charge is 0.315 e. The molecule has 2 rings (SSSR count). The second kappa shape index (κ2) is 7.01. The number of aryl methyl sites for hydroxylation is 1. The highest BCUT2D eigenvalue weighted by Crippen LogP contribution is 2.28. The van der Waals surface area contributed by atoms with Gasteiger partial charge in [0.1, 0.15) is 0 Å². The summed E-state index contributed by atoms with van der Waals surface area (Å²) < 4.78 is 0. The average molecular weight is 305 g/mol. The Morgan fingerprint density at radius 1 is 1.27 bits per heavy atom. The largest absolute Gasteiger partial charge is 0.388 e. The van der Waals surface area contributed by atoms with E-state index in [0.29, 0.717) is 13.1 Å². The second-order valence-electron chi connectivity index (χ2n) is 6.49. The first kappa shape index (κ1) is 16.6. The van der Waals surface area contributed by atoms with Crippen LogP contribution in [0.2, 0.25) is 0 Å². The first-order valence-corrected chi connectivity index (χ1v) is 7.91. The second-order valence-corrected chi connectivity index (χ2v) is 6.49. The zero-order valence-corrected chi connectivity index (χ0v) is 13.8. The van der Waals surface area contributed by atoms with Crippen molar-refractivity contribution in [2.75, 3.05) is 25.5 Å². The summed E-state index contributed by atoms with van der Waals surface area (Å²) in [4.78, 5) is 14.0. The normalized spacial score (nSPS) is 16.4. The molecule has 22 heavy (non-hydrogen) atoms. The Bertz CT molecular complexity index is 523. The van der Waals surface area contributed by atoms with Crippen molar-refractivity contribution >= 4 is 11.7 Å². The van der Waals surface area contributed by atoms with Crippen molar-refractivity contribution in [3.63, 3.8) is 0 Å². The minimum atomic E-state index is -0.712. The summed E-state index contributed by atoms with van der Waals surface area (Å²) in [6, 6.07) is 5.96. The van der Waals surface area contributed by atoms with Crippen LogP contribution < -0.4 is 15.5 Å². The number of aliphatic hydroxyl groups is 1. The lowest BCUT2D eigenvalue weighted by atomic mass is 10.0. The molecule has 0 spiro atoms. The predicted molar refractivity (Wildman–Crippen MR) is 89.2 cm³/mol. The van der Waals surface area contributed by atoms with Gasteiger partial charge in [-0.25, -0.2) is 4.79 Å². The molecule has 0 radical (unpaired) electrons. The quantitative estimate of drug-likeness (QED) is 0.781. The number of carbonyl (C=O) groups is 1. The van der Waals surface area contributed by atoms with Gasteiger partial charge in [0.2, 0.25) is 0 Å². The van der Waals surface area contributed by atoms with Crippen LogP contribution >= 0.6 is 0 Å². The molecule has 2 amide bonds. The van der Waals surface area contributed by atoms with Crippen LogP contribution in [0.4, 0.5) is 10.5 Å². The Morgan fingerprint density at radius 2 is 1.95 bits per heavy atom. The van der Waals surface area contributed by atoms with E-state index < -0.39 is 5.60 Å². The van der Waals surface area contributed by atoms with Crippen molar-refractivity contribution in [1.29, 1.82) is 0 Å². The minimum Gasteiger partial charge on any atom is -0.388 e. The summed E-state index contributed by atoms with van der Waals surface area (Å²) in [6.45, 7) is 2.85. The van der Waals surface area contributed by atoms with Crippen LogP contribution in [0.5, 0.6) is 0 Å². The standard InChI is InChI=1S/C17H27N3O2/c1-13-6-7-14(15(10-13)20(2)3)11-18-16(21)19-12-17(22)8-4-5-9-17/h6-7,10,22H,4-5,8-9,11-12H2,1-3H3,(H2,18,19,21). The lowest BCUT2D eigenvalue weighted by Gasteiger charge is -2.23. The van der Waals surface area contributed by atoms with Crippen molar-refractivity contribution in [1.82, 2.24) is 10.6 Å². The van der Waals surface area contributed by atoms with Gasteiger partial charge >= 0.3 is 6.03 Å². The number of nitrogens with zero attached hydrogens (tertiary/aromatic N) is 1. The maximum Gasteiger partial charge on any atom is 0.315 e. The van der Waals surface area contributed by atoms with E-state index in [1.807, 2.05) is 31.1 Å². The molecular weight excluding hydrogens is 278 g/mol. The van der Waals surface area contributed by atoms with Gasteiger partial charge in [0.15, 0.2) is 0 Å². The molecule has 122 valence electrons. The predicted octanol–water partition coefficient (Wildman–Crippen LogP) is 2.17. The van der Waals surface area contributed by atoms with Crippen LogP contribution in [0.25, 0.3) is 0 Å². The highest BCUT2D eigenvalue weighted by Gasteiger charge is 2.31. The van der Waals surface area contributed by atoms with E-state index in [1.54, 1.807) is 0 Å². The molecule has 0 bridgehead atoms. The number of amides is 2. The van der Waals surface area contributed by atoms with E-state index >= 15 is 0 Å². The van der Waals surface area contributed by atoms with E-state index in [4.69, 9.17) is 0 Å². The minimum absolute atomic E-state index is 0.231. The SMILES string of the molecule is Cc1ccc(CNC(=O)NCC2(O)CCCC2)c(N(C)C)c1. The van der Waals surface area contributed by atoms with Gasteiger partial charge in [0.05, 0.1) is 5.60 Å². The average Bonchev–Trinajstić information content (AvgIpc) is 2.91. The number of urea groups is 1. The van der Waals surface area contributed by atoms with Crippen LogP contribution in [-0.4, -0.2) is 37.4 Å². The molecule has 0 aromatic heterocycles. The summed E-state index contributed by atoms with van der Waals surface area (Å²) in [7, 11) is 3.99. The Labute approximate surface area is 132 Å². The summed E-state index contributed by atoms with van der Waals surface area (Å²) in [5, 5.41) is 15.9. The van der Waals surface area contributed by atoms with E-state index in [1.165, 1.54) is 5.56 Å². The number of benzene rings is 1. The van der Waals surface area contributed by atoms with Crippen LogP contribution in [0, 0.1) is 6.92 Å². The number of carbonyl (C=O) groups excluding carboxylic acids is 1. The van der Waals surface area contributed by atoms with Gasteiger partial charge in [-0.05, 0) is 37.0 Å². The molecule has 0 unspecified atom stereocenters. The lowest BCUT2D eigenvalue weighted by Crippen LogP contribution is -2.44. The maximum absolute atomic E-state index is 11.9. The fraction of sp³-hybridized carbons (Fsp3) is 0.588. The van der Waals surface area contributed by atoms with Crippen molar-refractivity contribution in [2.24, 2.45) is 0 Å². The molecule has 5 heteroatoms. The third-order valence-electron chi connectivity index (χ3n) is 4.27. The van der Waals surface area contributed by atoms with Crippen molar-refractivity contribution < 1.29 is 9.90 Å². The third kappa shape index (κ3) is 4.37. The van der Waals surface area contributed by atoms with Crippen LogP contribution in [0.15, 0.2) is 18.2 Å². The molecule has 0 saturated heterocycles. The van der Waals surface area contributed by atoms with E-state index in [2.05, 4.69) is 23.6 Å². The highest BCUT2D eigenvalue weighted by atomic mass is 16.3. The number of anilines is 1. The van der Waals surface area contributed by atoms with Gasteiger partial charge in [-0.2, -0.15) is 0 Å². The first-order chi connectivity index (χ1) is 10.4. The first-order valence-electron chi connectivity index (χ1n) is 7.91. The molecule has 1 aromatic rings. The molecule has 0 aliphatic heterocycles. The summed E-state index contributed by atoms with van der Waals surface area (Å²) in [5.41, 5.74) is 2.66. The number of nitrogens with one attached hydrogen (secondary N) is 2. The molecule has 1 aliphatic carbocycles. The monoisotopic (exact) mass is 305 g/mol. The van der Waals surface area contributed by atoms with Gasteiger partial charge in [-0.15, -0.1) is 0 Å². The fourth-order valence-corrected chi connectivity index (χ4v) is 2.93. The van der Waals surface area contributed by atoms with E-state index in [-0.39, 0.29) is 6.03 Å². The van der Waals surface area contributed by atoms with Gasteiger partial charge in [0, 0.05) is 32.9 Å². The van der Waals surface area contributed by atoms with Crippen LogP contribution in [0.3, 0.4) is 0 Å². The molecule has 5 nitrogen and oxygen atoms in total. The van der Waals surface area contributed by atoms with Gasteiger partial charge in [-0.3, -0.25) is 0 Å². The van der Waals surface area contributed by atoms with Crippen molar-refractivity contribution in [3.05, 3.63) is 29.3 Å². The highest BCUT2D eigenvalue weighted by molar-refractivity contribution is 5.74. The van der Waals surface area contributed by atoms with E-state index in [0.717, 1.165) is 36.9 Å². The molecule has 0 atom stereocenters. The molecule has 1 fully saturated rings. The fourth-order valence-electron chi connectivity index (χ4n) is 2.93. The third-order valence-corrected chi connectivity index (χ3v) is 4.27. The topological polar surface area (TPSA) is 64.6 Å². The Hall–Kier alpha value is -1.75. The molecular formula is C17H27N3O2. The molecule has 1 aliphatic rings. The Kier molecular flexibility index (Phi) is 5.29. The molecule has 3 N–H and O–H groups in total. The Balaban J connectivity index is 1.86.